The van der Waals surface area contributed by atoms with Crippen LogP contribution in [0.1, 0.15) is 60.8 Å². The molecule has 0 aliphatic carbocycles. The van der Waals surface area contributed by atoms with E-state index in [2.05, 4.69) is 41.5 Å². The van der Waals surface area contributed by atoms with Crippen LogP contribution in [0.25, 0.3) is 0 Å². The first kappa shape index (κ1) is 16.2. The highest BCUT2D eigenvalue weighted by molar-refractivity contribution is 6.26. The fourth-order valence-electron chi connectivity index (χ4n) is 2.27. The maximum atomic E-state index is 5.31. The summed E-state index contributed by atoms with van der Waals surface area (Å²) in [6.45, 7) is 14.3. The van der Waals surface area contributed by atoms with Gasteiger partial charge < -0.3 is 4.43 Å². The Morgan fingerprint density at radius 2 is 1.69 bits per heavy atom. The Morgan fingerprint density at radius 1 is 1.12 bits per heavy atom. The first-order valence-electron chi connectivity index (χ1n) is 6.72. The van der Waals surface area contributed by atoms with Gasteiger partial charge in [-0.05, 0) is 29.2 Å². The summed E-state index contributed by atoms with van der Waals surface area (Å²) in [4.78, 5) is 0. The van der Waals surface area contributed by atoms with Gasteiger partial charge in [-0.25, -0.2) is 0 Å². The molecular formula is C14H32OSi. The van der Waals surface area contributed by atoms with Crippen LogP contribution in [-0.4, -0.2) is 16.9 Å². The van der Waals surface area contributed by atoms with Crippen molar-refractivity contribution in [1.82, 2.24) is 0 Å². The average molecular weight is 244 g/mol. The molecule has 16 heavy (non-hydrogen) atoms. The van der Waals surface area contributed by atoms with Crippen LogP contribution in [0.4, 0.5) is 0 Å². The average Bonchev–Trinajstić information content (AvgIpc) is 2.15. The molecule has 0 aromatic rings. The molecule has 0 heterocycles. The summed E-state index contributed by atoms with van der Waals surface area (Å²) in [6.07, 6.45) is 3.98. The highest BCUT2D eigenvalue weighted by Crippen LogP contribution is 2.41. The second-order valence-corrected chi connectivity index (χ2v) is 8.63. The Bertz CT molecular complexity index is 182. The Labute approximate surface area is 105 Å². The van der Waals surface area contributed by atoms with Crippen LogP contribution < -0.4 is 0 Å². The fraction of sp³-hybridized carbons (Fsp3) is 1.00. The molecule has 98 valence electrons. The van der Waals surface area contributed by atoms with E-state index in [-0.39, 0.29) is 9.76 Å². The van der Waals surface area contributed by atoms with Gasteiger partial charge in [-0.1, -0.05) is 54.4 Å². The van der Waals surface area contributed by atoms with Gasteiger partial charge in [0.25, 0.3) is 0 Å². The molecule has 0 aliphatic rings. The first-order chi connectivity index (χ1) is 7.23. The largest absolute Gasteiger partial charge is 0.427 e. The molecular weight excluding hydrogens is 212 g/mol. The topological polar surface area (TPSA) is 9.23 Å². The molecule has 1 nitrogen and oxygen atoms in total. The van der Waals surface area contributed by atoms with E-state index < -0.39 is 0 Å². The Morgan fingerprint density at radius 3 is 2.06 bits per heavy atom. The summed E-state index contributed by atoms with van der Waals surface area (Å²) in [5.41, 5.74) is 0.932. The van der Waals surface area contributed by atoms with Crippen LogP contribution in [0.15, 0.2) is 0 Å². The lowest BCUT2D eigenvalue weighted by atomic mass is 9.69. The Hall–Kier alpha value is 0.177. The van der Waals surface area contributed by atoms with E-state index in [9.17, 15) is 0 Å². The number of hydrogen-bond donors (Lipinski definition) is 0. The molecule has 0 aliphatic heterocycles. The summed E-state index contributed by atoms with van der Waals surface area (Å²) in [5.74, 6) is 0.847. The van der Waals surface area contributed by atoms with Crippen molar-refractivity contribution in [3.8, 4) is 0 Å². The predicted molar refractivity (Wildman–Crippen MR) is 76.6 cm³/mol. The van der Waals surface area contributed by atoms with Gasteiger partial charge >= 0.3 is 0 Å². The molecule has 0 N–H and O–H groups in total. The third-order valence-electron chi connectivity index (χ3n) is 3.78. The van der Waals surface area contributed by atoms with E-state index in [1.165, 1.54) is 25.3 Å². The van der Waals surface area contributed by atoms with Crippen LogP contribution in [-0.2, 0) is 4.43 Å². The zero-order valence-electron chi connectivity index (χ0n) is 12.5. The van der Waals surface area contributed by atoms with Crippen LogP contribution >= 0.6 is 0 Å². The fourth-order valence-corrected chi connectivity index (χ4v) is 3.22. The zero-order chi connectivity index (χ0) is 12.8. The summed E-state index contributed by atoms with van der Waals surface area (Å²) < 4.78 is 5.31. The van der Waals surface area contributed by atoms with Gasteiger partial charge in [-0.3, -0.25) is 0 Å². The summed E-state index contributed by atoms with van der Waals surface area (Å²) >= 11 is 0. The minimum absolute atomic E-state index is 0.240. The molecule has 0 spiro atoms. The molecule has 0 saturated heterocycles. The standard InChI is InChI=1S/C14H32OSi/c1-8-14(5,6)12(9-10-16-15-7)11-13(2,3)4/h12H,8-11,16H2,1-7H3. The van der Waals surface area contributed by atoms with Crippen molar-refractivity contribution < 1.29 is 4.43 Å². The monoisotopic (exact) mass is 244 g/mol. The van der Waals surface area contributed by atoms with E-state index in [0.717, 1.165) is 5.92 Å². The van der Waals surface area contributed by atoms with Crippen molar-refractivity contribution in [1.29, 1.82) is 0 Å². The minimum Gasteiger partial charge on any atom is -0.427 e. The lowest BCUT2D eigenvalue weighted by Crippen LogP contribution is -2.28. The molecule has 1 atom stereocenters. The maximum Gasteiger partial charge on any atom is 0.161 e. The van der Waals surface area contributed by atoms with Gasteiger partial charge in [-0.15, -0.1) is 0 Å². The van der Waals surface area contributed by atoms with E-state index in [1.54, 1.807) is 0 Å². The molecule has 0 saturated carbocycles. The molecule has 0 rings (SSSR count). The number of hydrogen-bond acceptors (Lipinski definition) is 1. The SMILES string of the molecule is CCC(C)(C)C(CC[SiH2]OC)CC(C)(C)C. The minimum atomic E-state index is -0.240. The van der Waals surface area contributed by atoms with Gasteiger partial charge in [0.15, 0.2) is 9.76 Å². The molecule has 0 amide bonds. The van der Waals surface area contributed by atoms with Crippen molar-refractivity contribution in [3.63, 3.8) is 0 Å². The summed E-state index contributed by atoms with van der Waals surface area (Å²) in [7, 11) is 1.62. The van der Waals surface area contributed by atoms with E-state index in [4.69, 9.17) is 4.43 Å². The quantitative estimate of drug-likeness (QED) is 0.485. The second kappa shape index (κ2) is 6.80. The zero-order valence-corrected chi connectivity index (χ0v) is 13.9. The first-order valence-corrected chi connectivity index (χ1v) is 8.29. The summed E-state index contributed by atoms with van der Waals surface area (Å²) in [5, 5.41) is 0. The van der Waals surface area contributed by atoms with Gasteiger partial charge in [0, 0.05) is 7.11 Å². The van der Waals surface area contributed by atoms with Gasteiger partial charge in [0.2, 0.25) is 0 Å². The second-order valence-electron chi connectivity index (χ2n) is 6.94. The lowest BCUT2D eigenvalue weighted by molar-refractivity contribution is 0.137. The summed E-state index contributed by atoms with van der Waals surface area (Å²) in [6, 6.07) is 1.33. The third kappa shape index (κ3) is 6.69. The molecule has 0 aromatic heterocycles. The maximum absolute atomic E-state index is 5.31. The Balaban J connectivity index is 4.39. The van der Waals surface area contributed by atoms with Crippen molar-refractivity contribution in [2.45, 2.75) is 66.8 Å². The van der Waals surface area contributed by atoms with E-state index in [1.807, 2.05) is 7.11 Å². The molecule has 0 radical (unpaired) electrons. The number of rotatable bonds is 7. The van der Waals surface area contributed by atoms with Gasteiger partial charge in [-0.2, -0.15) is 0 Å². The molecule has 0 aromatic carbocycles. The smallest absolute Gasteiger partial charge is 0.161 e. The van der Waals surface area contributed by atoms with E-state index >= 15 is 0 Å². The van der Waals surface area contributed by atoms with Crippen molar-refractivity contribution in [2.75, 3.05) is 7.11 Å². The van der Waals surface area contributed by atoms with Crippen LogP contribution in [0.2, 0.25) is 6.04 Å². The molecule has 0 bridgehead atoms. The van der Waals surface area contributed by atoms with Crippen LogP contribution in [0.5, 0.6) is 0 Å². The van der Waals surface area contributed by atoms with Crippen molar-refractivity contribution in [2.24, 2.45) is 16.7 Å². The third-order valence-corrected chi connectivity index (χ3v) is 4.88. The van der Waals surface area contributed by atoms with Crippen molar-refractivity contribution >= 4 is 9.76 Å². The van der Waals surface area contributed by atoms with Gasteiger partial charge in [0.05, 0.1) is 0 Å². The molecule has 1 unspecified atom stereocenters. The van der Waals surface area contributed by atoms with Crippen LogP contribution in [0.3, 0.4) is 0 Å². The van der Waals surface area contributed by atoms with Crippen LogP contribution in [0, 0.1) is 16.7 Å². The predicted octanol–water partition coefficient (Wildman–Crippen LogP) is 4.01. The molecule has 0 fully saturated rings. The van der Waals surface area contributed by atoms with E-state index in [0.29, 0.717) is 10.8 Å². The molecule has 2 heteroatoms. The highest BCUT2D eigenvalue weighted by Gasteiger charge is 2.30. The van der Waals surface area contributed by atoms with Gasteiger partial charge in [0.1, 0.15) is 0 Å². The Kier molecular flexibility index (Phi) is 6.88. The highest BCUT2D eigenvalue weighted by atomic mass is 28.2. The lowest BCUT2D eigenvalue weighted by Gasteiger charge is -2.38. The van der Waals surface area contributed by atoms with Crippen molar-refractivity contribution in [3.05, 3.63) is 0 Å². The normalized spacial score (nSPS) is 15.9.